The van der Waals surface area contributed by atoms with Crippen LogP contribution in [0.25, 0.3) is 0 Å². The molecular weight excluding hydrogens is 384 g/mol. The number of fused-ring (bicyclic) bond motifs is 2. The molecule has 1 aliphatic carbocycles. The fourth-order valence-corrected chi connectivity index (χ4v) is 3.86. The lowest BCUT2D eigenvalue weighted by atomic mass is 9.80. The standard InChI is InChI=1S/C20H18O9/c21-6-11-16(25)18(27)19(28)20(29-11)13-10(22)5-9-12(17(13)26)15(24)8-4-2-1-3-7(8)14(9)23/h1-5,11,16,18-22,25-28H,6H2/t11-,16-,18+,19+,20+/m0/s1. The van der Waals surface area contributed by atoms with E-state index >= 15 is 0 Å². The minimum absolute atomic E-state index is 0.0748. The van der Waals surface area contributed by atoms with Crippen LogP contribution in [0, 0.1) is 0 Å². The number of aromatic hydroxyl groups is 2. The fraction of sp³-hybridized carbons (Fsp3) is 0.300. The molecular formula is C20H18O9. The van der Waals surface area contributed by atoms with Gasteiger partial charge in [0.2, 0.25) is 0 Å². The summed E-state index contributed by atoms with van der Waals surface area (Å²) in [4.78, 5) is 25.7. The average molecular weight is 402 g/mol. The van der Waals surface area contributed by atoms with Crippen molar-refractivity contribution in [3.63, 3.8) is 0 Å². The number of phenolic OH excluding ortho intramolecular Hbond substituents is 2. The molecule has 0 saturated carbocycles. The van der Waals surface area contributed by atoms with E-state index in [-0.39, 0.29) is 22.3 Å². The SMILES string of the molecule is O=C1c2ccccc2C(=O)c2c1cc(O)c([C@H]1O[C@@H](CO)[C@H](O)[C@@H](O)[C@H]1O)c2O. The highest BCUT2D eigenvalue weighted by molar-refractivity contribution is 6.29. The maximum atomic E-state index is 12.9. The zero-order chi connectivity index (χ0) is 21.0. The van der Waals surface area contributed by atoms with Gasteiger partial charge < -0.3 is 35.4 Å². The number of benzene rings is 2. The molecule has 0 unspecified atom stereocenters. The van der Waals surface area contributed by atoms with Gasteiger partial charge in [-0.3, -0.25) is 9.59 Å². The smallest absolute Gasteiger partial charge is 0.198 e. The molecule has 2 aromatic carbocycles. The van der Waals surface area contributed by atoms with Crippen LogP contribution in [0.2, 0.25) is 0 Å². The lowest BCUT2D eigenvalue weighted by molar-refractivity contribution is -0.232. The van der Waals surface area contributed by atoms with Crippen molar-refractivity contribution in [1.29, 1.82) is 0 Å². The van der Waals surface area contributed by atoms with Gasteiger partial charge in [0, 0.05) is 16.7 Å². The first-order chi connectivity index (χ1) is 13.8. The molecule has 0 spiro atoms. The highest BCUT2D eigenvalue weighted by atomic mass is 16.5. The summed E-state index contributed by atoms with van der Waals surface area (Å²) in [5.41, 5.74) is -0.799. The molecule has 1 heterocycles. The van der Waals surface area contributed by atoms with Crippen LogP contribution in [0.4, 0.5) is 0 Å². The number of aliphatic hydroxyl groups excluding tert-OH is 4. The van der Waals surface area contributed by atoms with E-state index in [0.717, 1.165) is 6.07 Å². The van der Waals surface area contributed by atoms with Gasteiger partial charge in [0.05, 0.1) is 17.7 Å². The maximum Gasteiger partial charge on any atom is 0.198 e. The molecule has 1 fully saturated rings. The number of carbonyl (C=O) groups is 2. The Morgan fingerprint density at radius 1 is 0.862 bits per heavy atom. The molecule has 0 radical (unpaired) electrons. The van der Waals surface area contributed by atoms with Crippen molar-refractivity contribution < 1.29 is 45.0 Å². The van der Waals surface area contributed by atoms with E-state index in [1.807, 2.05) is 0 Å². The predicted octanol–water partition coefficient (Wildman–Crippen LogP) is -0.612. The van der Waals surface area contributed by atoms with Crippen molar-refractivity contribution in [2.24, 2.45) is 0 Å². The second-order valence-corrected chi connectivity index (χ2v) is 7.03. The Kier molecular flexibility index (Phi) is 4.64. The lowest BCUT2D eigenvalue weighted by Crippen LogP contribution is -2.55. The van der Waals surface area contributed by atoms with Gasteiger partial charge in [-0.2, -0.15) is 0 Å². The molecule has 5 atom stereocenters. The van der Waals surface area contributed by atoms with Crippen LogP contribution in [-0.4, -0.2) is 73.2 Å². The fourth-order valence-electron chi connectivity index (χ4n) is 3.86. The van der Waals surface area contributed by atoms with Gasteiger partial charge in [0.15, 0.2) is 11.6 Å². The molecule has 9 nitrogen and oxygen atoms in total. The van der Waals surface area contributed by atoms with Gasteiger partial charge in [-0.05, 0) is 6.07 Å². The van der Waals surface area contributed by atoms with Crippen molar-refractivity contribution in [2.45, 2.75) is 30.5 Å². The van der Waals surface area contributed by atoms with Crippen LogP contribution in [0.15, 0.2) is 30.3 Å². The van der Waals surface area contributed by atoms with E-state index in [1.54, 1.807) is 12.1 Å². The molecule has 4 rings (SSSR count). The summed E-state index contributed by atoms with van der Waals surface area (Å²) in [7, 11) is 0. The van der Waals surface area contributed by atoms with Gasteiger partial charge >= 0.3 is 0 Å². The van der Waals surface area contributed by atoms with Crippen LogP contribution in [-0.2, 0) is 4.74 Å². The zero-order valence-corrected chi connectivity index (χ0v) is 14.9. The number of carbonyl (C=O) groups excluding carboxylic acids is 2. The second-order valence-electron chi connectivity index (χ2n) is 7.03. The van der Waals surface area contributed by atoms with E-state index in [2.05, 4.69) is 0 Å². The van der Waals surface area contributed by atoms with E-state index in [0.29, 0.717) is 0 Å². The van der Waals surface area contributed by atoms with E-state index in [1.165, 1.54) is 12.1 Å². The monoisotopic (exact) mass is 402 g/mol. The van der Waals surface area contributed by atoms with Gasteiger partial charge in [-0.15, -0.1) is 0 Å². The molecule has 1 saturated heterocycles. The van der Waals surface area contributed by atoms with Crippen LogP contribution in [0.3, 0.4) is 0 Å². The summed E-state index contributed by atoms with van der Waals surface area (Å²) in [5.74, 6) is -2.65. The number of hydrogen-bond donors (Lipinski definition) is 6. The number of phenols is 2. The van der Waals surface area contributed by atoms with Crippen LogP contribution in [0.1, 0.15) is 43.5 Å². The Morgan fingerprint density at radius 2 is 1.48 bits per heavy atom. The quantitative estimate of drug-likeness (QED) is 0.328. The van der Waals surface area contributed by atoms with Crippen LogP contribution in [0.5, 0.6) is 11.5 Å². The molecule has 152 valence electrons. The van der Waals surface area contributed by atoms with Crippen molar-refractivity contribution in [3.05, 3.63) is 58.1 Å². The first-order valence-electron chi connectivity index (χ1n) is 8.85. The Balaban J connectivity index is 1.88. The van der Waals surface area contributed by atoms with E-state index < -0.39 is 65.8 Å². The minimum Gasteiger partial charge on any atom is -0.507 e. The third-order valence-electron chi connectivity index (χ3n) is 5.38. The van der Waals surface area contributed by atoms with E-state index in [9.17, 15) is 40.2 Å². The van der Waals surface area contributed by atoms with Crippen LogP contribution < -0.4 is 0 Å². The largest absolute Gasteiger partial charge is 0.507 e. The highest BCUT2D eigenvalue weighted by Gasteiger charge is 2.47. The number of aliphatic hydroxyl groups is 4. The molecule has 2 aliphatic rings. The average Bonchev–Trinajstić information content (AvgIpc) is 2.71. The molecule has 6 N–H and O–H groups in total. The first-order valence-corrected chi connectivity index (χ1v) is 8.85. The van der Waals surface area contributed by atoms with E-state index in [4.69, 9.17) is 4.74 Å². The third kappa shape index (κ3) is 2.75. The second kappa shape index (κ2) is 6.90. The van der Waals surface area contributed by atoms with Crippen molar-refractivity contribution in [1.82, 2.24) is 0 Å². The summed E-state index contributed by atoms with van der Waals surface area (Å²) in [6.45, 7) is -0.710. The number of ether oxygens (including phenoxy) is 1. The van der Waals surface area contributed by atoms with Gasteiger partial charge in [-0.1, -0.05) is 24.3 Å². The Hall–Kier alpha value is -2.82. The van der Waals surface area contributed by atoms with Gasteiger partial charge in [0.1, 0.15) is 42.0 Å². The van der Waals surface area contributed by atoms with Crippen molar-refractivity contribution >= 4 is 11.6 Å². The topological polar surface area (TPSA) is 165 Å². The summed E-state index contributed by atoms with van der Waals surface area (Å²) in [6, 6.07) is 7.01. The maximum absolute atomic E-state index is 12.9. The number of hydrogen-bond acceptors (Lipinski definition) is 9. The Morgan fingerprint density at radius 3 is 2.10 bits per heavy atom. The summed E-state index contributed by atoms with van der Waals surface area (Å²) in [6.07, 6.45) is -8.03. The zero-order valence-electron chi connectivity index (χ0n) is 14.9. The molecule has 2 aromatic rings. The highest BCUT2D eigenvalue weighted by Crippen LogP contribution is 2.46. The predicted molar refractivity (Wildman–Crippen MR) is 95.8 cm³/mol. The molecule has 1 aliphatic heterocycles. The Bertz CT molecular complexity index is 1010. The van der Waals surface area contributed by atoms with Crippen molar-refractivity contribution in [2.75, 3.05) is 6.61 Å². The number of ketones is 2. The molecule has 0 aromatic heterocycles. The third-order valence-corrected chi connectivity index (χ3v) is 5.38. The first kappa shape index (κ1) is 19.5. The molecule has 9 heteroatoms. The number of rotatable bonds is 2. The molecule has 0 amide bonds. The normalized spacial score (nSPS) is 28.8. The summed E-state index contributed by atoms with van der Waals surface area (Å²) in [5, 5.41) is 60.8. The van der Waals surface area contributed by atoms with Crippen molar-refractivity contribution in [3.8, 4) is 11.5 Å². The Labute approximate surface area is 164 Å². The summed E-state index contributed by atoms with van der Waals surface area (Å²) < 4.78 is 5.37. The molecule has 29 heavy (non-hydrogen) atoms. The summed E-state index contributed by atoms with van der Waals surface area (Å²) >= 11 is 0. The van der Waals surface area contributed by atoms with Gasteiger partial charge in [-0.25, -0.2) is 0 Å². The minimum atomic E-state index is -1.79. The molecule has 0 bridgehead atoms. The van der Waals surface area contributed by atoms with Gasteiger partial charge in [0.25, 0.3) is 0 Å². The lowest BCUT2D eigenvalue weighted by Gasteiger charge is -2.40. The van der Waals surface area contributed by atoms with Crippen LogP contribution >= 0.6 is 0 Å².